The summed E-state index contributed by atoms with van der Waals surface area (Å²) in [6.07, 6.45) is 5.18. The quantitative estimate of drug-likeness (QED) is 0.619. The van der Waals surface area contributed by atoms with E-state index in [4.69, 9.17) is 10.5 Å². The Morgan fingerprint density at radius 2 is 2.21 bits per heavy atom. The number of rotatable bonds is 4. The molecule has 0 spiro atoms. The summed E-state index contributed by atoms with van der Waals surface area (Å²) in [5, 5.41) is 14.2. The summed E-state index contributed by atoms with van der Waals surface area (Å²) in [6, 6.07) is -0.0265. The second-order valence-electron chi connectivity index (χ2n) is 4.54. The molecule has 1 heterocycles. The maximum absolute atomic E-state index is 11.1. The summed E-state index contributed by atoms with van der Waals surface area (Å²) in [4.78, 5) is 18.2. The Labute approximate surface area is 110 Å². The summed E-state index contributed by atoms with van der Waals surface area (Å²) < 4.78 is 4.90. The third kappa shape index (κ3) is 2.90. The molecule has 0 aliphatic heterocycles. The Hall–Kier alpha value is -1.96. The van der Waals surface area contributed by atoms with E-state index in [0.717, 1.165) is 25.7 Å². The average molecular weight is 267 g/mol. The zero-order valence-electron chi connectivity index (χ0n) is 10.7. The Bertz CT molecular complexity index is 468. The molecule has 1 saturated carbocycles. The third-order valence-electron chi connectivity index (χ3n) is 3.31. The first-order chi connectivity index (χ1) is 9.13. The van der Waals surface area contributed by atoms with Crippen LogP contribution in [0.4, 0.5) is 11.5 Å². The van der Waals surface area contributed by atoms with E-state index >= 15 is 0 Å². The van der Waals surface area contributed by atoms with Gasteiger partial charge in [0.05, 0.1) is 12.0 Å². The fraction of sp³-hybridized carbons (Fsp3) is 0.636. The minimum Gasteiger partial charge on any atom is -0.476 e. The van der Waals surface area contributed by atoms with E-state index in [1.54, 1.807) is 0 Å². The van der Waals surface area contributed by atoms with Gasteiger partial charge in [0.25, 0.3) is 5.88 Å². The van der Waals surface area contributed by atoms with Crippen LogP contribution in [-0.4, -0.2) is 34.1 Å². The maximum atomic E-state index is 11.1. The lowest BCUT2D eigenvalue weighted by Crippen LogP contribution is -2.42. The Morgan fingerprint density at radius 3 is 2.84 bits per heavy atom. The highest BCUT2D eigenvalue weighted by Gasteiger charge is 2.28. The number of methoxy groups -OCH3 is 1. The molecule has 3 N–H and O–H groups in total. The summed E-state index contributed by atoms with van der Waals surface area (Å²) in [5.41, 5.74) is 5.77. The average Bonchev–Trinajstić information content (AvgIpc) is 2.40. The van der Waals surface area contributed by atoms with Crippen LogP contribution in [0.3, 0.4) is 0 Å². The van der Waals surface area contributed by atoms with E-state index in [1.165, 1.54) is 13.4 Å². The minimum atomic E-state index is -0.546. The number of ether oxygens (including phenoxy) is 1. The first-order valence-corrected chi connectivity index (χ1v) is 6.19. The summed E-state index contributed by atoms with van der Waals surface area (Å²) in [6.45, 7) is 0. The Morgan fingerprint density at radius 1 is 1.47 bits per heavy atom. The molecular weight excluding hydrogens is 250 g/mol. The molecule has 1 aliphatic carbocycles. The molecule has 8 heteroatoms. The normalized spacial score (nSPS) is 22.8. The predicted molar refractivity (Wildman–Crippen MR) is 69.1 cm³/mol. The molecule has 1 aromatic rings. The van der Waals surface area contributed by atoms with Crippen LogP contribution in [0.2, 0.25) is 0 Å². The SMILES string of the molecule is COc1ncnc(N[C@@H]2CCCC[C@H]2N)c1[N+](=O)[O-]. The van der Waals surface area contributed by atoms with Gasteiger partial charge in [-0.25, -0.2) is 4.98 Å². The van der Waals surface area contributed by atoms with Crippen molar-refractivity contribution in [2.24, 2.45) is 5.73 Å². The van der Waals surface area contributed by atoms with Crippen LogP contribution in [0.25, 0.3) is 0 Å². The zero-order valence-corrected chi connectivity index (χ0v) is 10.7. The second kappa shape index (κ2) is 5.79. The highest BCUT2D eigenvalue weighted by atomic mass is 16.6. The molecule has 8 nitrogen and oxygen atoms in total. The highest BCUT2D eigenvalue weighted by molar-refractivity contribution is 5.61. The van der Waals surface area contributed by atoms with Crippen molar-refractivity contribution in [1.82, 2.24) is 9.97 Å². The number of aromatic nitrogens is 2. The van der Waals surface area contributed by atoms with E-state index in [2.05, 4.69) is 15.3 Å². The van der Waals surface area contributed by atoms with Crippen molar-refractivity contribution in [1.29, 1.82) is 0 Å². The van der Waals surface area contributed by atoms with Crippen LogP contribution in [0.5, 0.6) is 5.88 Å². The number of anilines is 1. The van der Waals surface area contributed by atoms with Crippen LogP contribution in [0.1, 0.15) is 25.7 Å². The minimum absolute atomic E-state index is 0.00736. The molecule has 1 fully saturated rings. The van der Waals surface area contributed by atoms with E-state index in [-0.39, 0.29) is 29.5 Å². The molecule has 2 atom stereocenters. The van der Waals surface area contributed by atoms with E-state index in [0.29, 0.717) is 0 Å². The molecule has 0 radical (unpaired) electrons. The lowest BCUT2D eigenvalue weighted by Gasteiger charge is -2.29. The van der Waals surface area contributed by atoms with Crippen molar-refractivity contribution in [2.75, 3.05) is 12.4 Å². The van der Waals surface area contributed by atoms with E-state index in [1.807, 2.05) is 0 Å². The zero-order chi connectivity index (χ0) is 13.8. The Kier molecular flexibility index (Phi) is 4.10. The van der Waals surface area contributed by atoms with Crippen molar-refractivity contribution in [2.45, 2.75) is 37.8 Å². The number of nitrogens with one attached hydrogen (secondary N) is 1. The van der Waals surface area contributed by atoms with E-state index < -0.39 is 4.92 Å². The number of hydrogen-bond donors (Lipinski definition) is 2. The summed E-state index contributed by atoms with van der Waals surface area (Å²) >= 11 is 0. The third-order valence-corrected chi connectivity index (χ3v) is 3.31. The first kappa shape index (κ1) is 13.5. The van der Waals surface area contributed by atoms with Crippen molar-refractivity contribution in [3.63, 3.8) is 0 Å². The lowest BCUT2D eigenvalue weighted by atomic mass is 9.91. The van der Waals surface area contributed by atoms with E-state index in [9.17, 15) is 10.1 Å². The largest absolute Gasteiger partial charge is 0.476 e. The fourth-order valence-corrected chi connectivity index (χ4v) is 2.30. The maximum Gasteiger partial charge on any atom is 0.372 e. The van der Waals surface area contributed by atoms with Gasteiger partial charge in [-0.2, -0.15) is 4.98 Å². The molecule has 0 aromatic carbocycles. The number of nitrogens with zero attached hydrogens (tertiary/aromatic N) is 3. The molecule has 0 saturated heterocycles. The van der Waals surface area contributed by atoms with Gasteiger partial charge in [0.15, 0.2) is 0 Å². The number of nitro groups is 1. The standard InChI is InChI=1S/C11H17N5O3/c1-19-11-9(16(17)18)10(13-6-14-11)15-8-5-3-2-4-7(8)12/h6-8H,2-5,12H2,1H3,(H,13,14,15)/t7-,8-/m1/s1. The van der Waals surface area contributed by atoms with Gasteiger partial charge in [-0.1, -0.05) is 12.8 Å². The molecular formula is C11H17N5O3. The van der Waals surface area contributed by atoms with Gasteiger partial charge in [0, 0.05) is 12.1 Å². The van der Waals surface area contributed by atoms with Gasteiger partial charge in [-0.3, -0.25) is 10.1 Å². The molecule has 1 aliphatic rings. The van der Waals surface area contributed by atoms with Crippen molar-refractivity contribution >= 4 is 11.5 Å². The van der Waals surface area contributed by atoms with Crippen molar-refractivity contribution in [3.8, 4) is 5.88 Å². The van der Waals surface area contributed by atoms with Crippen LogP contribution < -0.4 is 15.8 Å². The van der Waals surface area contributed by atoms with Crippen LogP contribution in [-0.2, 0) is 0 Å². The van der Waals surface area contributed by atoms with Crippen LogP contribution >= 0.6 is 0 Å². The predicted octanol–water partition coefficient (Wildman–Crippen LogP) is 1.08. The van der Waals surface area contributed by atoms with Gasteiger partial charge in [0.2, 0.25) is 5.82 Å². The molecule has 19 heavy (non-hydrogen) atoms. The molecule has 1 aromatic heterocycles. The molecule has 0 bridgehead atoms. The van der Waals surface area contributed by atoms with Gasteiger partial charge in [0.1, 0.15) is 6.33 Å². The lowest BCUT2D eigenvalue weighted by molar-refractivity contribution is -0.385. The van der Waals surface area contributed by atoms with Gasteiger partial charge in [-0.15, -0.1) is 0 Å². The van der Waals surface area contributed by atoms with Gasteiger partial charge >= 0.3 is 5.69 Å². The van der Waals surface area contributed by atoms with Gasteiger partial charge in [-0.05, 0) is 12.8 Å². The number of hydrogen-bond acceptors (Lipinski definition) is 7. The molecule has 2 rings (SSSR count). The van der Waals surface area contributed by atoms with Crippen molar-refractivity contribution in [3.05, 3.63) is 16.4 Å². The monoisotopic (exact) mass is 267 g/mol. The first-order valence-electron chi connectivity index (χ1n) is 6.19. The summed E-state index contributed by atoms with van der Waals surface area (Å²) in [5.74, 6) is 0.117. The topological polar surface area (TPSA) is 116 Å². The Balaban J connectivity index is 2.26. The second-order valence-corrected chi connectivity index (χ2v) is 4.54. The molecule has 0 unspecified atom stereocenters. The number of nitrogens with two attached hydrogens (primary N) is 1. The smallest absolute Gasteiger partial charge is 0.372 e. The van der Waals surface area contributed by atoms with Crippen LogP contribution in [0, 0.1) is 10.1 Å². The summed E-state index contributed by atoms with van der Waals surface area (Å²) in [7, 11) is 1.34. The van der Waals surface area contributed by atoms with Crippen LogP contribution in [0.15, 0.2) is 6.33 Å². The fourth-order valence-electron chi connectivity index (χ4n) is 2.30. The highest BCUT2D eigenvalue weighted by Crippen LogP contribution is 2.32. The van der Waals surface area contributed by atoms with Crippen molar-refractivity contribution < 1.29 is 9.66 Å². The molecule has 0 amide bonds. The molecule has 104 valence electrons. The van der Waals surface area contributed by atoms with Gasteiger partial charge < -0.3 is 15.8 Å².